The van der Waals surface area contributed by atoms with Gasteiger partial charge in [0, 0.05) is 19.5 Å². The van der Waals surface area contributed by atoms with Crippen molar-refractivity contribution in [3.05, 3.63) is 60.2 Å². The average Bonchev–Trinajstić information content (AvgIpc) is 2.82. The predicted octanol–water partition coefficient (Wildman–Crippen LogP) is 2.05. The number of aryl methyl sites for hydroxylation is 1. The molecule has 8 nitrogen and oxygen atoms in total. The summed E-state index contributed by atoms with van der Waals surface area (Å²) in [7, 11) is -6.93. The fourth-order valence-corrected chi connectivity index (χ4v) is 5.98. The fraction of sp³-hybridized carbons (Fsp3) is 0.409. The first-order valence-electron chi connectivity index (χ1n) is 10.4. The third-order valence-electron chi connectivity index (χ3n) is 5.07. The summed E-state index contributed by atoms with van der Waals surface area (Å²) in [6.45, 7) is 1.47. The lowest BCUT2D eigenvalue weighted by Gasteiger charge is -2.26. The third-order valence-corrected chi connectivity index (χ3v) is 8.80. The maximum Gasteiger partial charge on any atom is 0.306 e. The Balaban J connectivity index is 1.41. The van der Waals surface area contributed by atoms with E-state index in [1.807, 2.05) is 0 Å². The number of esters is 1. The van der Waals surface area contributed by atoms with Gasteiger partial charge in [0.25, 0.3) is 0 Å². The third kappa shape index (κ3) is 6.61. The Hall–Kier alpha value is -2.27. The van der Waals surface area contributed by atoms with E-state index in [0.717, 1.165) is 5.56 Å². The zero-order valence-electron chi connectivity index (χ0n) is 17.7. The van der Waals surface area contributed by atoms with Gasteiger partial charge in [0.2, 0.25) is 10.0 Å². The van der Waals surface area contributed by atoms with Crippen LogP contribution in [0.1, 0.15) is 18.4 Å². The van der Waals surface area contributed by atoms with Crippen LogP contribution >= 0.6 is 0 Å². The number of sulfonamides is 1. The second kappa shape index (κ2) is 11.0. The van der Waals surface area contributed by atoms with Gasteiger partial charge in [-0.2, -0.15) is 4.31 Å². The van der Waals surface area contributed by atoms with Gasteiger partial charge < -0.3 is 9.47 Å². The second-order valence-corrected chi connectivity index (χ2v) is 11.4. The number of carbonyl (C=O) groups excluding carboxylic acids is 1. The number of nitrogens with zero attached hydrogens (tertiary/aromatic N) is 1. The van der Waals surface area contributed by atoms with Crippen LogP contribution in [0.4, 0.5) is 0 Å². The van der Waals surface area contributed by atoms with Crippen molar-refractivity contribution in [1.29, 1.82) is 0 Å². The van der Waals surface area contributed by atoms with Crippen LogP contribution in [-0.4, -0.2) is 65.8 Å². The van der Waals surface area contributed by atoms with Crippen molar-refractivity contribution in [3.63, 3.8) is 0 Å². The van der Waals surface area contributed by atoms with Crippen molar-refractivity contribution in [2.45, 2.75) is 29.1 Å². The van der Waals surface area contributed by atoms with E-state index in [9.17, 15) is 21.6 Å². The van der Waals surface area contributed by atoms with Crippen molar-refractivity contribution < 1.29 is 31.1 Å². The van der Waals surface area contributed by atoms with E-state index < -0.39 is 25.8 Å². The van der Waals surface area contributed by atoms with Gasteiger partial charge >= 0.3 is 5.97 Å². The van der Waals surface area contributed by atoms with Gasteiger partial charge in [-0.25, -0.2) is 16.8 Å². The fourth-order valence-electron chi connectivity index (χ4n) is 3.26. The SMILES string of the molecule is O=C(CCc1ccc(S(=O)(=O)N2CCOCC2)cc1)OCCCS(=O)(=O)c1ccccc1. The standard InChI is InChI=1S/C22H27NO7S2/c24-22(30-15-4-18-31(25,26)20-5-2-1-3-6-20)12-9-19-7-10-21(11-8-19)32(27,28)23-13-16-29-17-14-23/h1-3,5-8,10-11H,4,9,12-18H2. The minimum Gasteiger partial charge on any atom is -0.466 e. The molecule has 0 bridgehead atoms. The molecule has 1 saturated heterocycles. The summed E-state index contributed by atoms with van der Waals surface area (Å²) < 4.78 is 61.4. The molecular formula is C22H27NO7S2. The monoisotopic (exact) mass is 481 g/mol. The highest BCUT2D eigenvalue weighted by atomic mass is 32.2. The van der Waals surface area contributed by atoms with E-state index in [0.29, 0.717) is 32.7 Å². The second-order valence-electron chi connectivity index (χ2n) is 7.37. The summed E-state index contributed by atoms with van der Waals surface area (Å²) in [5.74, 6) is -0.518. The van der Waals surface area contributed by atoms with E-state index in [1.165, 1.54) is 4.31 Å². The van der Waals surface area contributed by atoms with E-state index >= 15 is 0 Å². The van der Waals surface area contributed by atoms with Crippen molar-refractivity contribution >= 4 is 25.8 Å². The largest absolute Gasteiger partial charge is 0.466 e. The Labute approximate surface area is 189 Å². The minimum absolute atomic E-state index is 0.0294. The van der Waals surface area contributed by atoms with Crippen LogP contribution < -0.4 is 0 Å². The molecule has 0 aromatic heterocycles. The minimum atomic E-state index is -3.54. The van der Waals surface area contributed by atoms with Crippen molar-refractivity contribution in [1.82, 2.24) is 4.31 Å². The van der Waals surface area contributed by atoms with Crippen molar-refractivity contribution in [2.75, 3.05) is 38.7 Å². The number of sulfone groups is 1. The van der Waals surface area contributed by atoms with Crippen molar-refractivity contribution in [2.24, 2.45) is 0 Å². The maximum absolute atomic E-state index is 12.6. The summed E-state index contributed by atoms with van der Waals surface area (Å²) in [4.78, 5) is 12.4. The van der Waals surface area contributed by atoms with Crippen LogP contribution in [0.2, 0.25) is 0 Å². The Bertz CT molecular complexity index is 1090. The van der Waals surface area contributed by atoms with Crippen LogP contribution in [0.3, 0.4) is 0 Å². The number of hydrogen-bond acceptors (Lipinski definition) is 7. The van der Waals surface area contributed by atoms with Gasteiger partial charge in [-0.05, 0) is 42.7 Å². The van der Waals surface area contributed by atoms with Crippen LogP contribution in [0.5, 0.6) is 0 Å². The molecule has 32 heavy (non-hydrogen) atoms. The van der Waals surface area contributed by atoms with E-state index in [2.05, 4.69) is 0 Å². The van der Waals surface area contributed by atoms with Gasteiger partial charge in [-0.3, -0.25) is 4.79 Å². The van der Waals surface area contributed by atoms with Crippen LogP contribution in [0.15, 0.2) is 64.4 Å². The zero-order valence-corrected chi connectivity index (χ0v) is 19.3. The van der Waals surface area contributed by atoms with Gasteiger partial charge in [0.05, 0.1) is 35.4 Å². The van der Waals surface area contributed by atoms with Gasteiger partial charge in [0.15, 0.2) is 9.84 Å². The van der Waals surface area contributed by atoms with Gasteiger partial charge in [-0.15, -0.1) is 0 Å². The molecule has 0 amide bonds. The molecule has 0 atom stereocenters. The van der Waals surface area contributed by atoms with E-state index in [1.54, 1.807) is 54.6 Å². The molecule has 0 aliphatic carbocycles. The summed E-state index contributed by atoms with van der Waals surface area (Å²) in [6, 6.07) is 14.6. The molecule has 0 unspecified atom stereocenters. The molecule has 2 aromatic rings. The highest BCUT2D eigenvalue weighted by molar-refractivity contribution is 7.91. The maximum atomic E-state index is 12.6. The molecular weight excluding hydrogens is 454 g/mol. The zero-order chi connectivity index (χ0) is 23.0. The molecule has 1 heterocycles. The molecule has 0 saturated carbocycles. The van der Waals surface area contributed by atoms with E-state index in [-0.39, 0.29) is 35.0 Å². The molecule has 1 fully saturated rings. The highest BCUT2D eigenvalue weighted by Gasteiger charge is 2.26. The molecule has 1 aliphatic rings. The number of hydrogen-bond donors (Lipinski definition) is 0. The Morgan fingerprint density at radius 3 is 2.22 bits per heavy atom. The topological polar surface area (TPSA) is 107 Å². The van der Waals surface area contributed by atoms with E-state index in [4.69, 9.17) is 9.47 Å². The summed E-state index contributed by atoms with van der Waals surface area (Å²) in [5.41, 5.74) is 0.814. The first-order chi connectivity index (χ1) is 15.3. The summed E-state index contributed by atoms with van der Waals surface area (Å²) >= 11 is 0. The lowest BCUT2D eigenvalue weighted by Crippen LogP contribution is -2.40. The average molecular weight is 482 g/mol. The molecule has 2 aromatic carbocycles. The number of morpholine rings is 1. The molecule has 0 N–H and O–H groups in total. The number of ether oxygens (including phenoxy) is 2. The lowest BCUT2D eigenvalue weighted by atomic mass is 10.1. The molecule has 10 heteroatoms. The van der Waals surface area contributed by atoms with Crippen LogP contribution in [0.25, 0.3) is 0 Å². The summed E-state index contributed by atoms with van der Waals surface area (Å²) in [5, 5.41) is 0. The molecule has 174 valence electrons. The number of benzene rings is 2. The number of carbonyl (C=O) groups is 1. The molecule has 1 aliphatic heterocycles. The van der Waals surface area contributed by atoms with Gasteiger partial charge in [-0.1, -0.05) is 30.3 Å². The normalized spacial score (nSPS) is 15.4. The quantitative estimate of drug-likeness (QED) is 0.378. The van der Waals surface area contributed by atoms with Crippen molar-refractivity contribution in [3.8, 4) is 0 Å². The molecule has 0 radical (unpaired) electrons. The van der Waals surface area contributed by atoms with Gasteiger partial charge in [0.1, 0.15) is 0 Å². The van der Waals surface area contributed by atoms with Crippen LogP contribution in [-0.2, 0) is 40.5 Å². The predicted molar refractivity (Wildman–Crippen MR) is 118 cm³/mol. The Kier molecular flexibility index (Phi) is 8.41. The Morgan fingerprint density at radius 2 is 1.56 bits per heavy atom. The van der Waals surface area contributed by atoms with Crippen LogP contribution in [0, 0.1) is 0 Å². The smallest absolute Gasteiger partial charge is 0.306 e. The molecule has 0 spiro atoms. The first kappa shape index (κ1) is 24.4. The Morgan fingerprint density at radius 1 is 0.906 bits per heavy atom. The first-order valence-corrected chi connectivity index (χ1v) is 13.5. The number of rotatable bonds is 10. The lowest BCUT2D eigenvalue weighted by molar-refractivity contribution is -0.143. The highest BCUT2D eigenvalue weighted by Crippen LogP contribution is 2.18. The summed E-state index contributed by atoms with van der Waals surface area (Å²) in [6.07, 6.45) is 0.747. The molecule has 3 rings (SSSR count).